The van der Waals surface area contributed by atoms with E-state index in [1.54, 1.807) is 21.6 Å². The highest BCUT2D eigenvalue weighted by Crippen LogP contribution is 2.49. The number of fused-ring (bicyclic) bond motifs is 3. The average Bonchev–Trinajstić information content (AvgIpc) is 3.42. The number of nitrogens with zero attached hydrogens (tertiary/aromatic N) is 2. The lowest BCUT2D eigenvalue weighted by Gasteiger charge is -2.30. The van der Waals surface area contributed by atoms with Crippen LogP contribution < -0.4 is 10.9 Å². The van der Waals surface area contributed by atoms with Crippen molar-refractivity contribution in [1.29, 1.82) is 0 Å². The molecule has 1 aromatic heterocycles. The number of amides is 2. The summed E-state index contributed by atoms with van der Waals surface area (Å²) >= 11 is 0. The number of carbonyl (C=O) groups excluding carboxylic acids is 2. The van der Waals surface area contributed by atoms with Gasteiger partial charge in [0.25, 0.3) is 5.56 Å². The fourth-order valence-electron chi connectivity index (χ4n) is 5.76. The highest BCUT2D eigenvalue weighted by molar-refractivity contribution is 5.98. The Hall–Kier alpha value is -3.97. The van der Waals surface area contributed by atoms with Crippen molar-refractivity contribution in [3.8, 4) is 11.1 Å². The molecule has 1 fully saturated rings. The number of anilines is 1. The maximum absolute atomic E-state index is 13.5. The molecular formula is C29H29N3O4. The van der Waals surface area contributed by atoms with Crippen LogP contribution in [0.15, 0.2) is 77.6 Å². The smallest absolute Gasteiger partial charge is 0.258 e. The molecule has 1 saturated heterocycles. The molecule has 36 heavy (non-hydrogen) atoms. The Labute approximate surface area is 209 Å². The molecular weight excluding hydrogens is 454 g/mol. The van der Waals surface area contributed by atoms with Crippen molar-refractivity contribution < 1.29 is 14.7 Å². The van der Waals surface area contributed by atoms with E-state index in [1.807, 2.05) is 73.7 Å². The van der Waals surface area contributed by atoms with E-state index in [0.717, 1.165) is 11.1 Å². The second-order valence-corrected chi connectivity index (χ2v) is 9.39. The van der Waals surface area contributed by atoms with Gasteiger partial charge in [-0.05, 0) is 42.3 Å². The molecule has 7 heteroatoms. The molecule has 2 aliphatic heterocycles. The summed E-state index contributed by atoms with van der Waals surface area (Å²) in [7, 11) is 0. The summed E-state index contributed by atoms with van der Waals surface area (Å²) in [6.07, 6.45) is 3.57. The zero-order chi connectivity index (χ0) is 25.4. The molecule has 184 valence electrons. The van der Waals surface area contributed by atoms with Gasteiger partial charge in [0.1, 0.15) is 6.04 Å². The molecule has 3 aromatic rings. The summed E-state index contributed by atoms with van der Waals surface area (Å²) in [5.74, 6) is -1.33. The number of nitrogens with one attached hydrogen (secondary N) is 1. The Kier molecular flexibility index (Phi) is 6.33. The van der Waals surface area contributed by atoms with Crippen LogP contribution in [0, 0.1) is 11.8 Å². The van der Waals surface area contributed by atoms with Gasteiger partial charge >= 0.3 is 0 Å². The molecule has 2 aliphatic rings. The fraction of sp³-hybridized carbons (Fsp3) is 0.276. The molecule has 0 radical (unpaired) electrons. The Bertz CT molecular complexity index is 1380. The van der Waals surface area contributed by atoms with E-state index in [0.29, 0.717) is 23.5 Å². The molecule has 0 aliphatic carbocycles. The Morgan fingerprint density at radius 2 is 1.72 bits per heavy atom. The van der Waals surface area contributed by atoms with Crippen LogP contribution in [0.2, 0.25) is 0 Å². The van der Waals surface area contributed by atoms with Crippen molar-refractivity contribution in [2.24, 2.45) is 11.8 Å². The number of carbonyl (C=O) groups is 2. The lowest BCUT2D eigenvalue weighted by atomic mass is 9.88. The largest absolute Gasteiger partial charge is 0.396 e. The number of aliphatic hydroxyl groups is 1. The second kappa shape index (κ2) is 9.59. The summed E-state index contributed by atoms with van der Waals surface area (Å²) in [5, 5.41) is 13.3. The number of benzene rings is 2. The van der Waals surface area contributed by atoms with Crippen LogP contribution in [-0.2, 0) is 16.1 Å². The summed E-state index contributed by atoms with van der Waals surface area (Å²) < 4.78 is 1.68. The van der Waals surface area contributed by atoms with Crippen molar-refractivity contribution in [3.05, 3.63) is 94.4 Å². The molecule has 0 bridgehead atoms. The molecule has 0 saturated carbocycles. The summed E-state index contributed by atoms with van der Waals surface area (Å²) in [6, 6.07) is 19.8. The number of allylic oxidation sites excluding steroid dienone is 1. The molecule has 2 N–H and O–H groups in total. The van der Waals surface area contributed by atoms with E-state index < -0.39 is 18.0 Å². The van der Waals surface area contributed by atoms with Gasteiger partial charge in [-0.15, -0.1) is 0 Å². The number of likely N-dealkylation sites (tertiary alicyclic amines) is 1. The van der Waals surface area contributed by atoms with Crippen LogP contribution >= 0.6 is 0 Å². The van der Waals surface area contributed by atoms with Crippen LogP contribution in [-0.4, -0.2) is 39.0 Å². The minimum absolute atomic E-state index is 0.125. The van der Waals surface area contributed by atoms with Crippen LogP contribution in [0.5, 0.6) is 0 Å². The first kappa shape index (κ1) is 23.8. The lowest BCUT2D eigenvalue weighted by Crippen LogP contribution is -2.47. The van der Waals surface area contributed by atoms with Crippen LogP contribution in [0.3, 0.4) is 0 Å². The summed E-state index contributed by atoms with van der Waals surface area (Å²) in [5.41, 5.74) is 3.87. The van der Waals surface area contributed by atoms with E-state index in [2.05, 4.69) is 5.32 Å². The Morgan fingerprint density at radius 1 is 1.03 bits per heavy atom. The predicted molar refractivity (Wildman–Crippen MR) is 139 cm³/mol. The van der Waals surface area contributed by atoms with E-state index in [1.165, 1.54) is 6.92 Å². The standard InChI is InChI=1S/C29H29N3O4/c1-3-7-21-12-15-25-26-23(16-31(25)29(21)36)24(17-33)27(32(26)18(2)34)28(35)30-22-13-10-20(11-14-22)19-8-5-4-6-9-19/h3-15,23-24,26-27,33H,16-17H2,1-2H3,(H,30,35)/b7-3+/t23-,24-,26+,27-/m0/s1. The highest BCUT2D eigenvalue weighted by Gasteiger charge is 2.56. The Morgan fingerprint density at radius 3 is 2.36 bits per heavy atom. The van der Waals surface area contributed by atoms with Gasteiger partial charge in [-0.1, -0.05) is 54.6 Å². The minimum Gasteiger partial charge on any atom is -0.396 e. The van der Waals surface area contributed by atoms with E-state index in [-0.39, 0.29) is 29.9 Å². The molecule has 3 heterocycles. The molecule has 0 unspecified atom stereocenters. The first-order chi connectivity index (χ1) is 17.4. The number of hydrogen-bond acceptors (Lipinski definition) is 4. The number of pyridine rings is 1. The third kappa shape index (κ3) is 3.95. The first-order valence-electron chi connectivity index (χ1n) is 12.2. The Balaban J connectivity index is 1.44. The van der Waals surface area contributed by atoms with Gasteiger partial charge in [-0.3, -0.25) is 14.4 Å². The van der Waals surface area contributed by atoms with Gasteiger partial charge in [0.2, 0.25) is 11.8 Å². The molecule has 2 amide bonds. The summed E-state index contributed by atoms with van der Waals surface area (Å²) in [4.78, 5) is 40.9. The van der Waals surface area contributed by atoms with Crippen molar-refractivity contribution >= 4 is 23.6 Å². The molecule has 7 nitrogen and oxygen atoms in total. The van der Waals surface area contributed by atoms with Gasteiger partial charge in [0, 0.05) is 48.9 Å². The third-order valence-electron chi connectivity index (χ3n) is 7.34. The van der Waals surface area contributed by atoms with Gasteiger partial charge in [-0.2, -0.15) is 0 Å². The monoisotopic (exact) mass is 483 g/mol. The zero-order valence-electron chi connectivity index (χ0n) is 20.3. The predicted octanol–water partition coefficient (Wildman–Crippen LogP) is 3.70. The van der Waals surface area contributed by atoms with E-state index >= 15 is 0 Å². The minimum atomic E-state index is -0.838. The maximum atomic E-state index is 13.5. The highest BCUT2D eigenvalue weighted by atomic mass is 16.3. The van der Waals surface area contributed by atoms with Crippen molar-refractivity contribution in [3.63, 3.8) is 0 Å². The van der Waals surface area contributed by atoms with Crippen molar-refractivity contribution in [1.82, 2.24) is 9.47 Å². The van der Waals surface area contributed by atoms with Crippen LogP contribution in [0.25, 0.3) is 17.2 Å². The van der Waals surface area contributed by atoms with Crippen molar-refractivity contribution in [2.75, 3.05) is 11.9 Å². The molecule has 5 rings (SSSR count). The second-order valence-electron chi connectivity index (χ2n) is 9.39. The van der Waals surface area contributed by atoms with Crippen LogP contribution in [0.4, 0.5) is 5.69 Å². The number of hydrogen-bond donors (Lipinski definition) is 2. The normalized spacial score (nSPS) is 22.5. The molecule has 2 aromatic carbocycles. The number of aliphatic hydroxyl groups excluding tert-OH is 1. The van der Waals surface area contributed by atoms with Gasteiger partial charge in [0.15, 0.2) is 0 Å². The van der Waals surface area contributed by atoms with Gasteiger partial charge in [-0.25, -0.2) is 0 Å². The fourth-order valence-corrected chi connectivity index (χ4v) is 5.76. The maximum Gasteiger partial charge on any atom is 0.258 e. The van der Waals surface area contributed by atoms with Gasteiger partial charge < -0.3 is 19.9 Å². The summed E-state index contributed by atoms with van der Waals surface area (Å²) in [6.45, 7) is 3.37. The topological polar surface area (TPSA) is 91.6 Å². The molecule has 4 atom stereocenters. The number of rotatable bonds is 5. The molecule has 0 spiro atoms. The van der Waals surface area contributed by atoms with Crippen LogP contribution in [0.1, 0.15) is 31.1 Å². The lowest BCUT2D eigenvalue weighted by molar-refractivity contribution is -0.138. The third-order valence-corrected chi connectivity index (χ3v) is 7.34. The SMILES string of the molecule is C/C=C/c1ccc2n(c1=O)C[C@H]1[C@H](CO)[C@@H](C(=O)Nc3ccc(-c4ccccc4)cc3)N(C(C)=O)[C@@H]21. The van der Waals surface area contributed by atoms with Crippen molar-refractivity contribution in [2.45, 2.75) is 32.5 Å². The first-order valence-corrected chi connectivity index (χ1v) is 12.2. The van der Waals surface area contributed by atoms with E-state index in [4.69, 9.17) is 0 Å². The average molecular weight is 484 g/mol. The van der Waals surface area contributed by atoms with Gasteiger partial charge in [0.05, 0.1) is 6.04 Å². The number of aromatic nitrogens is 1. The quantitative estimate of drug-likeness (QED) is 0.579. The zero-order valence-corrected chi connectivity index (χ0v) is 20.3. The van der Waals surface area contributed by atoms with E-state index in [9.17, 15) is 19.5 Å².